The molecule has 7 heteroatoms. The Hall–Kier alpha value is -4.13. The normalized spacial score (nSPS) is 10.6. The molecular weight excluding hydrogens is 420 g/mol. The van der Waals surface area contributed by atoms with E-state index in [1.165, 1.54) is 13.3 Å². The second-order valence-electron chi connectivity index (χ2n) is 7.22. The molecule has 3 aromatic carbocycles. The molecule has 0 fully saturated rings. The standard InChI is InChI=1S/C26H26N2O5/c1-4-32-24-14-20(17-27-28-25(29)15-19-10-8-18(2)9-11-19)12-13-23(24)33-26(30)21-6-5-7-22(16-21)31-3/h5-14,16-17H,4,15H2,1-3H3,(H,28,29). The maximum atomic E-state index is 12.5. The number of aryl methyl sites for hydroxylation is 1. The summed E-state index contributed by atoms with van der Waals surface area (Å²) in [6.45, 7) is 4.22. The van der Waals surface area contributed by atoms with Crippen molar-refractivity contribution in [1.29, 1.82) is 0 Å². The van der Waals surface area contributed by atoms with E-state index in [4.69, 9.17) is 14.2 Å². The topological polar surface area (TPSA) is 86.2 Å². The van der Waals surface area contributed by atoms with Crippen molar-refractivity contribution < 1.29 is 23.8 Å². The van der Waals surface area contributed by atoms with Crippen molar-refractivity contribution in [2.75, 3.05) is 13.7 Å². The zero-order valence-electron chi connectivity index (χ0n) is 18.8. The van der Waals surface area contributed by atoms with E-state index < -0.39 is 5.97 Å². The molecule has 0 aromatic heterocycles. The molecule has 7 nitrogen and oxygen atoms in total. The van der Waals surface area contributed by atoms with Crippen LogP contribution in [0, 0.1) is 6.92 Å². The van der Waals surface area contributed by atoms with Crippen molar-refractivity contribution in [3.05, 3.63) is 89.0 Å². The van der Waals surface area contributed by atoms with Crippen LogP contribution in [0.3, 0.4) is 0 Å². The zero-order valence-corrected chi connectivity index (χ0v) is 18.8. The van der Waals surface area contributed by atoms with E-state index in [9.17, 15) is 9.59 Å². The molecule has 3 aromatic rings. The monoisotopic (exact) mass is 446 g/mol. The minimum atomic E-state index is -0.528. The first-order chi connectivity index (χ1) is 16.0. The number of hydrogen-bond donors (Lipinski definition) is 1. The molecule has 3 rings (SSSR count). The lowest BCUT2D eigenvalue weighted by Crippen LogP contribution is -2.19. The number of carbonyl (C=O) groups excluding carboxylic acids is 2. The molecule has 33 heavy (non-hydrogen) atoms. The summed E-state index contributed by atoms with van der Waals surface area (Å²) in [6.07, 6.45) is 1.74. The number of carbonyl (C=O) groups is 2. The molecule has 0 atom stereocenters. The molecule has 0 heterocycles. The lowest BCUT2D eigenvalue weighted by molar-refractivity contribution is -0.120. The van der Waals surface area contributed by atoms with Crippen LogP contribution in [0.15, 0.2) is 71.8 Å². The van der Waals surface area contributed by atoms with Crippen LogP contribution in [0.4, 0.5) is 0 Å². The number of esters is 1. The molecule has 0 bridgehead atoms. The summed E-state index contributed by atoms with van der Waals surface area (Å²) >= 11 is 0. The van der Waals surface area contributed by atoms with Gasteiger partial charge in [0.15, 0.2) is 11.5 Å². The van der Waals surface area contributed by atoms with E-state index in [2.05, 4.69) is 10.5 Å². The Morgan fingerprint density at radius 2 is 1.79 bits per heavy atom. The first-order valence-corrected chi connectivity index (χ1v) is 10.5. The van der Waals surface area contributed by atoms with Gasteiger partial charge in [0, 0.05) is 0 Å². The van der Waals surface area contributed by atoms with Crippen molar-refractivity contribution in [3.63, 3.8) is 0 Å². The fourth-order valence-electron chi connectivity index (χ4n) is 2.98. The van der Waals surface area contributed by atoms with E-state index in [1.54, 1.807) is 42.5 Å². The smallest absolute Gasteiger partial charge is 0.343 e. The SMILES string of the molecule is CCOc1cc(C=NNC(=O)Cc2ccc(C)cc2)ccc1OC(=O)c1cccc(OC)c1. The van der Waals surface area contributed by atoms with E-state index in [0.29, 0.717) is 29.2 Å². The number of nitrogens with one attached hydrogen (secondary N) is 1. The number of hydrogen-bond acceptors (Lipinski definition) is 6. The number of rotatable bonds is 9. The number of nitrogens with zero attached hydrogens (tertiary/aromatic N) is 1. The highest BCUT2D eigenvalue weighted by atomic mass is 16.6. The second-order valence-corrected chi connectivity index (χ2v) is 7.22. The molecule has 0 unspecified atom stereocenters. The fraction of sp³-hybridized carbons (Fsp3) is 0.192. The summed E-state index contributed by atoms with van der Waals surface area (Å²) in [5, 5.41) is 4.01. The van der Waals surface area contributed by atoms with Crippen LogP contribution >= 0.6 is 0 Å². The largest absolute Gasteiger partial charge is 0.497 e. The van der Waals surface area contributed by atoms with Gasteiger partial charge in [-0.25, -0.2) is 10.2 Å². The quantitative estimate of drug-likeness (QED) is 0.229. The lowest BCUT2D eigenvalue weighted by atomic mass is 10.1. The Bertz CT molecular complexity index is 1140. The van der Waals surface area contributed by atoms with Crippen molar-refractivity contribution >= 4 is 18.1 Å². The number of benzene rings is 3. The maximum absolute atomic E-state index is 12.5. The first kappa shape index (κ1) is 23.5. The molecule has 0 aliphatic carbocycles. The zero-order chi connectivity index (χ0) is 23.6. The van der Waals surface area contributed by atoms with Crippen molar-refractivity contribution in [2.24, 2.45) is 5.10 Å². The van der Waals surface area contributed by atoms with Gasteiger partial charge < -0.3 is 14.2 Å². The van der Waals surface area contributed by atoms with Gasteiger partial charge in [-0.2, -0.15) is 5.10 Å². The van der Waals surface area contributed by atoms with Crippen LogP contribution in [0.1, 0.15) is 34.0 Å². The van der Waals surface area contributed by atoms with Crippen LogP contribution in [0.2, 0.25) is 0 Å². The molecule has 0 radical (unpaired) electrons. The van der Waals surface area contributed by atoms with Gasteiger partial charge in [0.05, 0.1) is 31.9 Å². The number of amides is 1. The molecule has 0 spiro atoms. The van der Waals surface area contributed by atoms with Gasteiger partial charge in [0.25, 0.3) is 0 Å². The van der Waals surface area contributed by atoms with Crippen molar-refractivity contribution in [1.82, 2.24) is 5.43 Å². The third-order valence-electron chi connectivity index (χ3n) is 4.66. The van der Waals surface area contributed by atoms with Crippen LogP contribution in [-0.4, -0.2) is 31.8 Å². The molecule has 170 valence electrons. The average Bonchev–Trinajstić information content (AvgIpc) is 2.82. The molecule has 1 N–H and O–H groups in total. The Kier molecular flexibility index (Phi) is 8.18. The number of methoxy groups -OCH3 is 1. The third kappa shape index (κ3) is 6.93. The molecule has 0 saturated carbocycles. The summed E-state index contributed by atoms with van der Waals surface area (Å²) in [5.74, 6) is 0.489. The Morgan fingerprint density at radius 1 is 1.00 bits per heavy atom. The van der Waals surface area contributed by atoms with Crippen LogP contribution in [-0.2, 0) is 11.2 Å². The van der Waals surface area contributed by atoms with Crippen molar-refractivity contribution in [2.45, 2.75) is 20.3 Å². The highest BCUT2D eigenvalue weighted by molar-refractivity contribution is 5.92. The summed E-state index contributed by atoms with van der Waals surface area (Å²) in [4.78, 5) is 24.6. The average molecular weight is 447 g/mol. The minimum Gasteiger partial charge on any atom is -0.497 e. The van der Waals surface area contributed by atoms with Crippen LogP contribution in [0.5, 0.6) is 17.2 Å². The highest BCUT2D eigenvalue weighted by Crippen LogP contribution is 2.29. The third-order valence-corrected chi connectivity index (χ3v) is 4.66. The first-order valence-electron chi connectivity index (χ1n) is 10.5. The predicted octanol–water partition coefficient (Wildman–Crippen LogP) is 4.31. The van der Waals surface area contributed by atoms with Gasteiger partial charge in [-0.15, -0.1) is 0 Å². The van der Waals surface area contributed by atoms with Gasteiger partial charge in [-0.3, -0.25) is 4.79 Å². The van der Waals surface area contributed by atoms with Gasteiger partial charge >= 0.3 is 5.97 Å². The molecule has 0 aliphatic rings. The summed E-state index contributed by atoms with van der Waals surface area (Å²) in [7, 11) is 1.53. The van der Waals surface area contributed by atoms with Crippen LogP contribution in [0.25, 0.3) is 0 Å². The van der Waals surface area contributed by atoms with E-state index >= 15 is 0 Å². The Morgan fingerprint density at radius 3 is 2.52 bits per heavy atom. The Labute approximate surface area is 193 Å². The fourth-order valence-corrected chi connectivity index (χ4v) is 2.98. The highest BCUT2D eigenvalue weighted by Gasteiger charge is 2.14. The van der Waals surface area contributed by atoms with E-state index in [0.717, 1.165) is 11.1 Å². The van der Waals surface area contributed by atoms with Gasteiger partial charge in [-0.05, 0) is 61.4 Å². The molecule has 0 saturated heterocycles. The van der Waals surface area contributed by atoms with E-state index in [-0.39, 0.29) is 18.1 Å². The van der Waals surface area contributed by atoms with Gasteiger partial charge in [0.2, 0.25) is 5.91 Å². The van der Waals surface area contributed by atoms with Gasteiger partial charge in [-0.1, -0.05) is 35.9 Å². The Balaban J connectivity index is 1.65. The minimum absolute atomic E-state index is 0.219. The molecular formula is C26H26N2O5. The van der Waals surface area contributed by atoms with Gasteiger partial charge in [0.1, 0.15) is 5.75 Å². The molecule has 1 amide bonds. The number of hydrazone groups is 1. The lowest BCUT2D eigenvalue weighted by Gasteiger charge is -2.11. The van der Waals surface area contributed by atoms with E-state index in [1.807, 2.05) is 38.1 Å². The summed E-state index contributed by atoms with van der Waals surface area (Å²) in [6, 6.07) is 19.5. The summed E-state index contributed by atoms with van der Waals surface area (Å²) in [5.41, 5.74) is 5.60. The van der Waals surface area contributed by atoms with Crippen LogP contribution < -0.4 is 19.6 Å². The second kappa shape index (κ2) is 11.5. The molecule has 0 aliphatic heterocycles. The predicted molar refractivity (Wildman–Crippen MR) is 126 cm³/mol. The van der Waals surface area contributed by atoms with Crippen molar-refractivity contribution in [3.8, 4) is 17.2 Å². The number of ether oxygens (including phenoxy) is 3. The maximum Gasteiger partial charge on any atom is 0.343 e. The summed E-state index contributed by atoms with van der Waals surface area (Å²) < 4.78 is 16.3.